The lowest BCUT2D eigenvalue weighted by Gasteiger charge is -2.26. The summed E-state index contributed by atoms with van der Waals surface area (Å²) in [6.07, 6.45) is 5.89. The predicted octanol–water partition coefficient (Wildman–Crippen LogP) is 3.99. The van der Waals surface area contributed by atoms with Crippen LogP contribution in [0.15, 0.2) is 47.3 Å². The molecule has 122 valence electrons. The summed E-state index contributed by atoms with van der Waals surface area (Å²) in [5.41, 5.74) is 3.40. The van der Waals surface area contributed by atoms with Crippen LogP contribution >= 0.6 is 0 Å². The summed E-state index contributed by atoms with van der Waals surface area (Å²) < 4.78 is 6.11. The van der Waals surface area contributed by atoms with E-state index < -0.39 is 0 Å². The maximum atomic E-state index is 6.11. The fourth-order valence-electron chi connectivity index (χ4n) is 3.38. The molecule has 2 radical (unpaired) electrons. The first-order valence-corrected chi connectivity index (χ1v) is 7.97. The summed E-state index contributed by atoms with van der Waals surface area (Å²) in [5, 5.41) is 2.02. The highest BCUT2D eigenvalue weighted by Gasteiger charge is 2.37. The van der Waals surface area contributed by atoms with Gasteiger partial charge in [-0.1, -0.05) is 12.1 Å². The van der Waals surface area contributed by atoms with E-state index in [0.717, 1.165) is 45.4 Å². The molecule has 0 fully saturated rings. The Morgan fingerprint density at radius 3 is 2.60 bits per heavy atom. The van der Waals surface area contributed by atoms with Gasteiger partial charge in [-0.25, -0.2) is 15.0 Å². The summed E-state index contributed by atoms with van der Waals surface area (Å²) in [6.45, 7) is 6.28. The number of nitrogens with zero attached hydrogens (tertiary/aromatic N) is 5. The van der Waals surface area contributed by atoms with Gasteiger partial charge in [0.15, 0.2) is 23.4 Å². The number of anilines is 3. The van der Waals surface area contributed by atoms with Crippen molar-refractivity contribution in [3.63, 3.8) is 0 Å². The highest BCUT2D eigenvalue weighted by Crippen LogP contribution is 2.47. The van der Waals surface area contributed by atoms with Crippen molar-refractivity contribution in [2.45, 2.75) is 6.92 Å². The molecule has 1 aliphatic rings. The summed E-state index contributed by atoms with van der Waals surface area (Å²) in [5.74, 6) is 1.53. The third kappa shape index (κ3) is 1.82. The molecule has 1 aliphatic heterocycles. The van der Waals surface area contributed by atoms with E-state index in [1.54, 1.807) is 18.6 Å². The van der Waals surface area contributed by atoms with Crippen molar-refractivity contribution < 1.29 is 4.42 Å². The number of benzene rings is 1. The van der Waals surface area contributed by atoms with Crippen molar-refractivity contribution in [2.75, 3.05) is 16.8 Å². The lowest BCUT2D eigenvalue weighted by atomic mass is 10.1. The van der Waals surface area contributed by atoms with Crippen LogP contribution in [-0.2, 0) is 0 Å². The Kier molecular flexibility index (Phi) is 2.80. The number of aryl methyl sites for hydroxylation is 1. The van der Waals surface area contributed by atoms with Crippen molar-refractivity contribution in [1.29, 1.82) is 0 Å². The lowest BCUT2D eigenvalue weighted by molar-refractivity contribution is 0.653. The second-order valence-corrected chi connectivity index (χ2v) is 6.08. The van der Waals surface area contributed by atoms with Crippen LogP contribution in [0.5, 0.6) is 0 Å². The third-order valence-corrected chi connectivity index (χ3v) is 4.65. The van der Waals surface area contributed by atoms with Crippen LogP contribution in [0.2, 0.25) is 0 Å². The van der Waals surface area contributed by atoms with Gasteiger partial charge in [0.05, 0.1) is 5.69 Å². The number of fused-ring (bicyclic) bond motifs is 4. The number of furan rings is 1. The van der Waals surface area contributed by atoms with Gasteiger partial charge in [0.1, 0.15) is 0 Å². The smallest absolute Gasteiger partial charge is 0.227 e. The minimum absolute atomic E-state index is 0.627. The van der Waals surface area contributed by atoms with Gasteiger partial charge in [-0.2, -0.15) is 0 Å². The standard InChI is InChI=1S/C19H15N5O/c1-11-6-7-13-14-5-4-8-22-19(14)25-16(13)15(11)24-12(2)23(3)17-18(24)21-10-9-20-17/h4-10H,2H2,1,3H3. The van der Waals surface area contributed by atoms with Gasteiger partial charge >= 0.3 is 0 Å². The molecule has 0 unspecified atom stereocenters. The first kappa shape index (κ1) is 14.2. The summed E-state index contributed by atoms with van der Waals surface area (Å²) in [6, 6.07) is 8.09. The van der Waals surface area contributed by atoms with Gasteiger partial charge < -0.3 is 9.32 Å². The minimum Gasteiger partial charge on any atom is -0.435 e. The van der Waals surface area contributed by atoms with Crippen LogP contribution in [0.1, 0.15) is 5.56 Å². The third-order valence-electron chi connectivity index (χ3n) is 4.65. The van der Waals surface area contributed by atoms with Crippen LogP contribution in [-0.4, -0.2) is 22.0 Å². The van der Waals surface area contributed by atoms with Gasteiger partial charge in [0.25, 0.3) is 0 Å². The van der Waals surface area contributed by atoms with E-state index in [4.69, 9.17) is 4.42 Å². The van der Waals surface area contributed by atoms with E-state index in [-0.39, 0.29) is 0 Å². The van der Waals surface area contributed by atoms with Crippen LogP contribution in [0.3, 0.4) is 0 Å². The van der Waals surface area contributed by atoms with Crippen molar-refractivity contribution >= 4 is 39.4 Å². The highest BCUT2D eigenvalue weighted by molar-refractivity contribution is 6.10. The number of hydrogen-bond donors (Lipinski definition) is 0. The molecule has 0 spiro atoms. The monoisotopic (exact) mass is 329 g/mol. The predicted molar refractivity (Wildman–Crippen MR) is 97.4 cm³/mol. The quantitative estimate of drug-likeness (QED) is 0.526. The van der Waals surface area contributed by atoms with Gasteiger partial charge in [0, 0.05) is 36.4 Å². The van der Waals surface area contributed by atoms with Gasteiger partial charge in [-0.15, -0.1) is 0 Å². The first-order chi connectivity index (χ1) is 12.2. The van der Waals surface area contributed by atoms with Gasteiger partial charge in [0.2, 0.25) is 5.71 Å². The molecule has 1 aromatic carbocycles. The molecule has 0 N–H and O–H groups in total. The zero-order chi connectivity index (χ0) is 17.1. The fraction of sp³-hybridized carbons (Fsp3) is 0.105. The molecule has 6 heteroatoms. The molecule has 25 heavy (non-hydrogen) atoms. The number of aromatic nitrogens is 3. The average Bonchev–Trinajstić information content (AvgIpc) is 3.12. The SMILES string of the molecule is [CH2][C]1N(C)c2nccnc2N1c1c(C)ccc2c1oc1ncccc12. The number of rotatable bonds is 1. The zero-order valence-corrected chi connectivity index (χ0v) is 13.9. The van der Waals surface area contributed by atoms with Crippen molar-refractivity contribution in [1.82, 2.24) is 15.0 Å². The molecule has 3 aromatic heterocycles. The maximum Gasteiger partial charge on any atom is 0.227 e. The number of pyridine rings is 1. The Hall–Kier alpha value is -3.15. The van der Waals surface area contributed by atoms with Gasteiger partial charge in [-0.3, -0.25) is 4.90 Å². The largest absolute Gasteiger partial charge is 0.435 e. The summed E-state index contributed by atoms with van der Waals surface area (Å²) in [7, 11) is 1.94. The lowest BCUT2D eigenvalue weighted by Crippen LogP contribution is -2.28. The van der Waals surface area contributed by atoms with E-state index in [2.05, 4.69) is 40.9 Å². The molecule has 0 saturated carbocycles. The maximum absolute atomic E-state index is 6.11. The van der Waals surface area contributed by atoms with Crippen LogP contribution in [0.4, 0.5) is 17.3 Å². The normalized spacial score (nSPS) is 14.7. The summed E-state index contributed by atoms with van der Waals surface area (Å²) in [4.78, 5) is 17.2. The highest BCUT2D eigenvalue weighted by atomic mass is 16.3. The molecule has 0 amide bonds. The van der Waals surface area contributed by atoms with E-state index >= 15 is 0 Å². The Balaban J connectivity index is 1.85. The molecule has 4 aromatic rings. The molecule has 6 nitrogen and oxygen atoms in total. The molecular formula is C19H15N5O. The van der Waals surface area contributed by atoms with Gasteiger partial charge in [-0.05, 0) is 31.5 Å². The Morgan fingerprint density at radius 1 is 0.960 bits per heavy atom. The average molecular weight is 329 g/mol. The number of hydrogen-bond acceptors (Lipinski definition) is 6. The topological polar surface area (TPSA) is 58.3 Å². The first-order valence-electron chi connectivity index (χ1n) is 7.97. The molecule has 0 aliphatic carbocycles. The molecule has 0 atom stereocenters. The van der Waals surface area contributed by atoms with E-state index in [9.17, 15) is 0 Å². The molecule has 5 rings (SSSR count). The Bertz CT molecular complexity index is 1120. The van der Waals surface area contributed by atoms with Crippen molar-refractivity contribution in [3.8, 4) is 0 Å². The fourth-order valence-corrected chi connectivity index (χ4v) is 3.38. The second kappa shape index (κ2) is 4.92. The molecular weight excluding hydrogens is 314 g/mol. The zero-order valence-electron chi connectivity index (χ0n) is 13.9. The van der Waals surface area contributed by atoms with Crippen molar-refractivity contribution in [3.05, 3.63) is 61.5 Å². The van der Waals surface area contributed by atoms with E-state index in [1.807, 2.05) is 29.0 Å². The molecule has 0 bridgehead atoms. The Morgan fingerprint density at radius 2 is 1.76 bits per heavy atom. The van der Waals surface area contributed by atoms with E-state index in [0.29, 0.717) is 5.71 Å². The van der Waals surface area contributed by atoms with Crippen molar-refractivity contribution in [2.24, 2.45) is 0 Å². The molecule has 4 heterocycles. The van der Waals surface area contributed by atoms with Crippen LogP contribution < -0.4 is 9.80 Å². The second-order valence-electron chi connectivity index (χ2n) is 6.08. The minimum atomic E-state index is 0.627. The molecule has 0 saturated heterocycles. The Labute approximate surface area is 144 Å². The van der Waals surface area contributed by atoms with E-state index in [1.165, 1.54) is 0 Å². The van der Waals surface area contributed by atoms with Crippen LogP contribution in [0.25, 0.3) is 22.1 Å². The van der Waals surface area contributed by atoms with Crippen LogP contribution in [0, 0.1) is 20.0 Å². The summed E-state index contributed by atoms with van der Waals surface area (Å²) >= 11 is 0.